The molecule has 0 spiro atoms. The molecule has 0 saturated carbocycles. The number of hydrogen-bond donors (Lipinski definition) is 14. The zero-order valence-electron chi connectivity index (χ0n) is 70.7. The maximum Gasteiger partial charge on any atom is 0.364 e. The number of carboxylic acids is 1. The quantitative estimate of drug-likeness (QED) is 0.0199. The standard InChI is InChI=1S/C90H166N2O21/c1-4-6-8-10-12-14-16-18-20-22-24-26-28-30-31-32-33-34-35-36-37-38-39-40-42-44-46-48-50-52-54-56-58-60-62-64-77(100)92-71(72(97)63-61-59-57-55-53-51-49-47-45-43-41-29-27-25-23-21-19-17-15-13-11-9-7-5-2)69-108-87-82(104)81(103)84(76(68-95)110-87)111-88-83(105)86(80(102)75(67-94)109-88)113-90(89(106)107)65-73(98)78(91-70(3)96)85(112-90)79(101)74(99)66-93/h28,30,32-33,61,63,71-76,78-88,93-95,97-99,101-105H,4-27,29,31,34-60,62,64-69H2,1-3H3,(H,91,96)(H,92,100)(H,106,107)/b30-28-,33-32-,63-61+. The van der Waals surface area contributed by atoms with E-state index < -0.39 is 155 Å². The van der Waals surface area contributed by atoms with Crippen molar-refractivity contribution in [2.24, 2.45) is 0 Å². The van der Waals surface area contributed by atoms with E-state index in [0.717, 1.165) is 58.3 Å². The van der Waals surface area contributed by atoms with Crippen LogP contribution >= 0.6 is 0 Å². The minimum absolute atomic E-state index is 0.202. The van der Waals surface area contributed by atoms with Crippen molar-refractivity contribution in [1.82, 2.24) is 10.6 Å². The molecule has 3 saturated heterocycles. The fourth-order valence-corrected chi connectivity index (χ4v) is 15.9. The molecular formula is C90H166N2O21. The minimum Gasteiger partial charge on any atom is -0.477 e. The fourth-order valence-electron chi connectivity index (χ4n) is 15.9. The first-order valence-corrected chi connectivity index (χ1v) is 45.9. The summed E-state index contributed by atoms with van der Waals surface area (Å²) < 4.78 is 35.0. The second kappa shape index (κ2) is 67.7. The van der Waals surface area contributed by atoms with Gasteiger partial charge in [0, 0.05) is 19.8 Å². The van der Waals surface area contributed by atoms with E-state index in [4.69, 9.17) is 28.4 Å². The molecule has 0 aromatic rings. The molecule has 3 fully saturated rings. The number of ether oxygens (including phenoxy) is 6. The number of allylic oxidation sites excluding steroid dienone is 5. The third kappa shape index (κ3) is 46.4. The summed E-state index contributed by atoms with van der Waals surface area (Å²) in [5.41, 5.74) is 0. The Balaban J connectivity index is 1.44. The molecular weight excluding hydrogens is 1440 g/mol. The SMILES string of the molecule is CCCCCCCCCCCCC/C=C\C/C=C\CCCCCCCCCCCCCCCCCCCC(=O)NC(COC1OC(CO)C(OC2OC(CO)C(O)C(OC3(C(=O)O)CC(O)C(NC(C)=O)C(C(O)C(O)CO)O3)C2O)C(O)C1O)C(O)/C=C/CCCCCCCCCCCCCCCCCCCCCCCC. The van der Waals surface area contributed by atoms with E-state index in [0.29, 0.717) is 12.8 Å². The Hall–Kier alpha value is -3.05. The molecule has 2 amide bonds. The Morgan fingerprint density at radius 1 is 0.469 bits per heavy atom. The van der Waals surface area contributed by atoms with Crippen LogP contribution in [0.1, 0.15) is 380 Å². The number of carboxylic acid groups (broad SMARTS) is 1. The lowest BCUT2D eigenvalue weighted by Crippen LogP contribution is -2.70. The third-order valence-corrected chi connectivity index (χ3v) is 23.1. The number of aliphatic carboxylic acids is 1. The van der Waals surface area contributed by atoms with Crippen LogP contribution in [0.5, 0.6) is 0 Å². The molecule has 23 heteroatoms. The van der Waals surface area contributed by atoms with Gasteiger partial charge in [0.1, 0.15) is 67.1 Å². The first kappa shape index (κ1) is 104. The first-order chi connectivity index (χ1) is 54.9. The number of carbonyl (C=O) groups excluding carboxylic acids is 2. The Labute approximate surface area is 682 Å². The van der Waals surface area contributed by atoms with Gasteiger partial charge in [0.05, 0.1) is 50.7 Å². The predicted octanol–water partition coefficient (Wildman–Crippen LogP) is 14.8. The molecule has 0 bridgehead atoms. The Morgan fingerprint density at radius 2 is 0.858 bits per heavy atom. The van der Waals surface area contributed by atoms with Crippen molar-refractivity contribution >= 4 is 17.8 Å². The Morgan fingerprint density at radius 3 is 1.25 bits per heavy atom. The first-order valence-electron chi connectivity index (χ1n) is 45.9. The van der Waals surface area contributed by atoms with Crippen LogP contribution in [0, 0.1) is 0 Å². The van der Waals surface area contributed by atoms with E-state index in [9.17, 15) is 75.7 Å². The lowest BCUT2D eigenvalue weighted by Gasteiger charge is -2.50. The van der Waals surface area contributed by atoms with Gasteiger partial charge in [0.25, 0.3) is 5.79 Å². The molecule has 23 nitrogen and oxygen atoms in total. The molecule has 18 unspecified atom stereocenters. The number of carbonyl (C=O) groups is 3. The average molecular weight is 1610 g/mol. The van der Waals surface area contributed by atoms with Gasteiger partial charge >= 0.3 is 5.97 Å². The summed E-state index contributed by atoms with van der Waals surface area (Å²) in [5, 5.41) is 137. The number of unbranched alkanes of at least 4 members (excludes halogenated alkanes) is 50. The van der Waals surface area contributed by atoms with Gasteiger partial charge in [-0.15, -0.1) is 0 Å². The van der Waals surface area contributed by atoms with E-state index >= 15 is 0 Å². The molecule has 14 N–H and O–H groups in total. The molecule has 3 rings (SSSR count). The number of hydrogen-bond acceptors (Lipinski definition) is 20. The van der Waals surface area contributed by atoms with E-state index in [1.807, 2.05) is 6.08 Å². The lowest BCUT2D eigenvalue weighted by atomic mass is 9.88. The van der Waals surface area contributed by atoms with Gasteiger partial charge in [0.2, 0.25) is 11.8 Å². The summed E-state index contributed by atoms with van der Waals surface area (Å²) in [7, 11) is 0. The zero-order valence-corrected chi connectivity index (χ0v) is 70.7. The third-order valence-electron chi connectivity index (χ3n) is 23.1. The molecule has 113 heavy (non-hydrogen) atoms. The number of aliphatic hydroxyl groups is 11. The highest BCUT2D eigenvalue weighted by molar-refractivity contribution is 5.77. The van der Waals surface area contributed by atoms with Crippen molar-refractivity contribution in [3.63, 3.8) is 0 Å². The molecule has 3 aliphatic heterocycles. The van der Waals surface area contributed by atoms with E-state index in [2.05, 4.69) is 48.8 Å². The van der Waals surface area contributed by atoms with Crippen molar-refractivity contribution in [1.29, 1.82) is 0 Å². The van der Waals surface area contributed by atoms with Crippen LogP contribution in [0.25, 0.3) is 0 Å². The van der Waals surface area contributed by atoms with Crippen LogP contribution in [-0.4, -0.2) is 215 Å². The van der Waals surface area contributed by atoms with Gasteiger partial charge in [-0.2, -0.15) is 0 Å². The Bertz CT molecular complexity index is 2370. The van der Waals surface area contributed by atoms with E-state index in [1.165, 1.54) is 283 Å². The van der Waals surface area contributed by atoms with Crippen LogP contribution in [-0.2, 0) is 42.8 Å². The molecule has 0 aliphatic carbocycles. The number of rotatable bonds is 74. The van der Waals surface area contributed by atoms with Crippen molar-refractivity contribution < 1.29 is 104 Å². The maximum atomic E-state index is 13.6. The largest absolute Gasteiger partial charge is 0.477 e. The summed E-state index contributed by atoms with van der Waals surface area (Å²) in [5.74, 6) is -6.14. The summed E-state index contributed by atoms with van der Waals surface area (Å²) in [6.45, 7) is 2.21. The topological polar surface area (TPSA) is 373 Å². The van der Waals surface area contributed by atoms with E-state index in [1.54, 1.807) is 6.08 Å². The zero-order chi connectivity index (χ0) is 82.4. The molecule has 0 aromatic heterocycles. The molecule has 0 radical (unpaired) electrons. The van der Waals surface area contributed by atoms with Gasteiger partial charge in [-0.3, -0.25) is 9.59 Å². The second-order valence-electron chi connectivity index (χ2n) is 33.2. The van der Waals surface area contributed by atoms with Gasteiger partial charge in [-0.25, -0.2) is 4.79 Å². The van der Waals surface area contributed by atoms with Gasteiger partial charge in [0.15, 0.2) is 12.6 Å². The molecule has 18 atom stereocenters. The van der Waals surface area contributed by atoms with Crippen LogP contribution < -0.4 is 10.6 Å². The van der Waals surface area contributed by atoms with Crippen LogP contribution in [0.4, 0.5) is 0 Å². The fraction of sp³-hybridized carbons (Fsp3) is 0.900. The maximum absolute atomic E-state index is 13.6. The smallest absolute Gasteiger partial charge is 0.364 e. The van der Waals surface area contributed by atoms with Crippen LogP contribution in [0.2, 0.25) is 0 Å². The minimum atomic E-state index is -3.09. The number of aliphatic hydroxyl groups excluding tert-OH is 11. The molecule has 0 aromatic carbocycles. The van der Waals surface area contributed by atoms with Gasteiger partial charge in [-0.05, 0) is 51.4 Å². The molecule has 662 valence electrons. The predicted molar refractivity (Wildman–Crippen MR) is 444 cm³/mol. The van der Waals surface area contributed by atoms with Crippen molar-refractivity contribution in [3.8, 4) is 0 Å². The average Bonchev–Trinajstić information content (AvgIpc) is 0.752. The highest BCUT2D eigenvalue weighted by Gasteiger charge is 2.60. The van der Waals surface area contributed by atoms with Gasteiger partial charge < -0.3 is 100 Å². The number of nitrogens with one attached hydrogen (secondary N) is 2. The molecule has 3 aliphatic rings. The van der Waals surface area contributed by atoms with Crippen LogP contribution in [0.15, 0.2) is 36.5 Å². The highest BCUT2D eigenvalue weighted by Crippen LogP contribution is 2.39. The van der Waals surface area contributed by atoms with Crippen molar-refractivity contribution in [3.05, 3.63) is 36.5 Å². The summed E-state index contributed by atoms with van der Waals surface area (Å²) >= 11 is 0. The van der Waals surface area contributed by atoms with Crippen molar-refractivity contribution in [2.45, 2.75) is 490 Å². The normalized spacial score (nSPS) is 25.4. The summed E-state index contributed by atoms with van der Waals surface area (Å²) in [4.78, 5) is 38.8. The van der Waals surface area contributed by atoms with Crippen molar-refractivity contribution in [2.75, 3.05) is 26.4 Å². The number of amides is 2. The van der Waals surface area contributed by atoms with Gasteiger partial charge in [-0.1, -0.05) is 346 Å². The second-order valence-corrected chi connectivity index (χ2v) is 33.2. The molecule has 3 heterocycles. The summed E-state index contributed by atoms with van der Waals surface area (Å²) in [6, 6.07) is -2.62. The highest BCUT2D eigenvalue weighted by atomic mass is 16.8. The monoisotopic (exact) mass is 1610 g/mol. The van der Waals surface area contributed by atoms with Crippen LogP contribution in [0.3, 0.4) is 0 Å². The van der Waals surface area contributed by atoms with E-state index in [-0.39, 0.29) is 12.3 Å². The summed E-state index contributed by atoms with van der Waals surface area (Å²) in [6.07, 6.45) is 51.9. The lowest BCUT2D eigenvalue weighted by molar-refractivity contribution is -0.386. The Kier molecular flexibility index (Phi) is 62.4.